The third kappa shape index (κ3) is 4.58. The second-order valence-corrected chi connectivity index (χ2v) is 5.92. The quantitative estimate of drug-likeness (QED) is 0.872. The van der Waals surface area contributed by atoms with Gasteiger partial charge in [-0.1, -0.05) is 20.8 Å². The third-order valence-corrected chi connectivity index (χ3v) is 3.65. The minimum atomic E-state index is 0.0313. The number of furan rings is 1. The molecule has 0 aliphatic carbocycles. The molecule has 118 valence electrons. The zero-order chi connectivity index (χ0) is 15.2. The van der Waals surface area contributed by atoms with Gasteiger partial charge in [-0.05, 0) is 18.1 Å². The van der Waals surface area contributed by atoms with E-state index in [1.807, 2.05) is 12.1 Å². The molecular formula is C16H26N2O3. The van der Waals surface area contributed by atoms with Crippen molar-refractivity contribution in [1.82, 2.24) is 10.2 Å². The summed E-state index contributed by atoms with van der Waals surface area (Å²) in [6.07, 6.45) is 0.877. The molecule has 0 saturated carbocycles. The van der Waals surface area contributed by atoms with Gasteiger partial charge in [-0.3, -0.25) is 9.69 Å². The molecule has 5 nitrogen and oxygen atoms in total. The summed E-state index contributed by atoms with van der Waals surface area (Å²) in [6.45, 7) is 9.35. The Kier molecular flexibility index (Phi) is 5.82. The molecule has 1 aliphatic rings. The standard InChI is InChI=1S/C16H26N2O3/c1-4-13-5-6-15(21-13)14-11-20-8-7-18(14)10-16(19)17-9-12(2)3/h5-6,12,14H,4,7-11H2,1-3H3,(H,17,19)/t14-/m0/s1. The summed E-state index contributed by atoms with van der Waals surface area (Å²) in [5, 5.41) is 2.97. The summed E-state index contributed by atoms with van der Waals surface area (Å²) in [6, 6.07) is 4.03. The van der Waals surface area contributed by atoms with Gasteiger partial charge in [0.2, 0.25) is 5.91 Å². The predicted octanol–water partition coefficient (Wildman–Crippen LogP) is 1.99. The average Bonchev–Trinajstić information content (AvgIpc) is 2.94. The van der Waals surface area contributed by atoms with E-state index in [0.717, 1.165) is 24.5 Å². The molecule has 1 aromatic rings. The number of ether oxygens (including phenoxy) is 1. The Hall–Kier alpha value is -1.33. The molecule has 21 heavy (non-hydrogen) atoms. The zero-order valence-electron chi connectivity index (χ0n) is 13.2. The lowest BCUT2D eigenvalue weighted by atomic mass is 10.1. The lowest BCUT2D eigenvalue weighted by Gasteiger charge is -2.33. The number of amides is 1. The van der Waals surface area contributed by atoms with E-state index in [-0.39, 0.29) is 11.9 Å². The van der Waals surface area contributed by atoms with Gasteiger partial charge in [0.05, 0.1) is 25.8 Å². The molecule has 1 amide bonds. The number of hydrogen-bond acceptors (Lipinski definition) is 4. The first-order valence-electron chi connectivity index (χ1n) is 7.77. The zero-order valence-corrected chi connectivity index (χ0v) is 13.2. The fourth-order valence-electron chi connectivity index (χ4n) is 2.41. The summed E-state index contributed by atoms with van der Waals surface area (Å²) in [5.41, 5.74) is 0. The molecule has 0 aromatic carbocycles. The summed E-state index contributed by atoms with van der Waals surface area (Å²) < 4.78 is 11.4. The van der Waals surface area contributed by atoms with Crippen molar-refractivity contribution in [2.24, 2.45) is 5.92 Å². The number of nitrogens with one attached hydrogen (secondary N) is 1. The monoisotopic (exact) mass is 294 g/mol. The minimum absolute atomic E-state index is 0.0313. The molecule has 0 bridgehead atoms. The van der Waals surface area contributed by atoms with Gasteiger partial charge in [0.15, 0.2) is 0 Å². The largest absolute Gasteiger partial charge is 0.464 e. The van der Waals surface area contributed by atoms with Crippen molar-refractivity contribution < 1.29 is 13.9 Å². The van der Waals surface area contributed by atoms with Crippen molar-refractivity contribution in [2.45, 2.75) is 33.2 Å². The van der Waals surface area contributed by atoms with E-state index in [2.05, 4.69) is 31.0 Å². The highest BCUT2D eigenvalue weighted by molar-refractivity contribution is 5.78. The van der Waals surface area contributed by atoms with Gasteiger partial charge in [0.25, 0.3) is 0 Å². The Morgan fingerprint density at radius 1 is 1.48 bits per heavy atom. The van der Waals surface area contributed by atoms with Crippen molar-refractivity contribution in [2.75, 3.05) is 32.8 Å². The number of nitrogens with zero attached hydrogens (tertiary/aromatic N) is 1. The van der Waals surface area contributed by atoms with E-state index in [4.69, 9.17) is 9.15 Å². The smallest absolute Gasteiger partial charge is 0.234 e. The Bertz CT molecular complexity index is 456. The number of aryl methyl sites for hydroxylation is 1. The summed E-state index contributed by atoms with van der Waals surface area (Å²) in [7, 11) is 0. The molecule has 0 radical (unpaired) electrons. The van der Waals surface area contributed by atoms with Gasteiger partial charge >= 0.3 is 0 Å². The molecule has 1 aromatic heterocycles. The van der Waals surface area contributed by atoms with Crippen LogP contribution in [0.5, 0.6) is 0 Å². The Balaban J connectivity index is 1.96. The maximum absolute atomic E-state index is 12.0. The van der Waals surface area contributed by atoms with Crippen LogP contribution in [0, 0.1) is 5.92 Å². The predicted molar refractivity (Wildman–Crippen MR) is 81.1 cm³/mol. The normalized spacial score (nSPS) is 19.9. The molecule has 2 rings (SSSR count). The lowest BCUT2D eigenvalue weighted by Crippen LogP contribution is -2.45. The molecule has 0 spiro atoms. The minimum Gasteiger partial charge on any atom is -0.464 e. The molecule has 5 heteroatoms. The van der Waals surface area contributed by atoms with Gasteiger partial charge < -0.3 is 14.5 Å². The molecule has 1 saturated heterocycles. The van der Waals surface area contributed by atoms with Crippen LogP contribution in [-0.2, 0) is 16.0 Å². The molecule has 1 atom stereocenters. The third-order valence-electron chi connectivity index (χ3n) is 3.65. The first-order valence-corrected chi connectivity index (χ1v) is 7.77. The Morgan fingerprint density at radius 3 is 2.95 bits per heavy atom. The van der Waals surface area contributed by atoms with E-state index in [9.17, 15) is 4.79 Å². The van der Waals surface area contributed by atoms with Crippen molar-refractivity contribution in [3.05, 3.63) is 23.7 Å². The number of carbonyl (C=O) groups excluding carboxylic acids is 1. The van der Waals surface area contributed by atoms with Crippen molar-refractivity contribution in [3.8, 4) is 0 Å². The van der Waals surface area contributed by atoms with Crippen molar-refractivity contribution in [3.63, 3.8) is 0 Å². The number of rotatable bonds is 6. The first-order chi connectivity index (χ1) is 10.1. The van der Waals surface area contributed by atoms with Crippen LogP contribution in [0.25, 0.3) is 0 Å². The van der Waals surface area contributed by atoms with Crippen LogP contribution < -0.4 is 5.32 Å². The van der Waals surface area contributed by atoms with Crippen molar-refractivity contribution in [1.29, 1.82) is 0 Å². The van der Waals surface area contributed by atoms with E-state index in [0.29, 0.717) is 32.2 Å². The molecule has 1 N–H and O–H groups in total. The highest BCUT2D eigenvalue weighted by Gasteiger charge is 2.28. The van der Waals surface area contributed by atoms with Gasteiger partial charge in [-0.2, -0.15) is 0 Å². The van der Waals surface area contributed by atoms with Crippen molar-refractivity contribution >= 4 is 5.91 Å². The Morgan fingerprint density at radius 2 is 2.29 bits per heavy atom. The molecule has 2 heterocycles. The topological polar surface area (TPSA) is 54.7 Å². The first kappa shape index (κ1) is 16.0. The number of carbonyl (C=O) groups is 1. The Labute approximate surface area is 126 Å². The highest BCUT2D eigenvalue weighted by Crippen LogP contribution is 2.25. The van der Waals surface area contributed by atoms with Crippen LogP contribution in [0.1, 0.15) is 38.3 Å². The molecular weight excluding hydrogens is 268 g/mol. The summed E-state index contributed by atoms with van der Waals surface area (Å²) in [4.78, 5) is 14.2. The average molecular weight is 294 g/mol. The molecule has 1 aliphatic heterocycles. The van der Waals surface area contributed by atoms with Crippen LogP contribution in [0.15, 0.2) is 16.5 Å². The molecule has 1 fully saturated rings. The van der Waals surface area contributed by atoms with Crippen LogP contribution in [-0.4, -0.2) is 43.7 Å². The second-order valence-electron chi connectivity index (χ2n) is 5.92. The number of morpholine rings is 1. The maximum Gasteiger partial charge on any atom is 0.234 e. The van der Waals surface area contributed by atoms with E-state index < -0.39 is 0 Å². The fourth-order valence-corrected chi connectivity index (χ4v) is 2.41. The van der Waals surface area contributed by atoms with E-state index >= 15 is 0 Å². The molecule has 0 unspecified atom stereocenters. The van der Waals surface area contributed by atoms with Crippen LogP contribution in [0.4, 0.5) is 0 Å². The maximum atomic E-state index is 12.0. The van der Waals surface area contributed by atoms with Gasteiger partial charge in [0.1, 0.15) is 11.5 Å². The van der Waals surface area contributed by atoms with Gasteiger partial charge in [0, 0.05) is 19.5 Å². The van der Waals surface area contributed by atoms with Crippen LogP contribution in [0.2, 0.25) is 0 Å². The van der Waals surface area contributed by atoms with Crippen LogP contribution in [0.3, 0.4) is 0 Å². The fraction of sp³-hybridized carbons (Fsp3) is 0.688. The van der Waals surface area contributed by atoms with Crippen LogP contribution >= 0.6 is 0 Å². The summed E-state index contributed by atoms with van der Waals surface area (Å²) in [5.74, 6) is 2.40. The SMILES string of the molecule is CCc1ccc([C@@H]2COCCN2CC(=O)NCC(C)C)o1. The highest BCUT2D eigenvalue weighted by atomic mass is 16.5. The van der Waals surface area contributed by atoms with E-state index in [1.54, 1.807) is 0 Å². The summed E-state index contributed by atoms with van der Waals surface area (Å²) >= 11 is 0. The number of hydrogen-bond donors (Lipinski definition) is 1. The van der Waals surface area contributed by atoms with Gasteiger partial charge in [-0.25, -0.2) is 0 Å². The second kappa shape index (κ2) is 7.61. The van der Waals surface area contributed by atoms with E-state index in [1.165, 1.54) is 0 Å². The van der Waals surface area contributed by atoms with Gasteiger partial charge in [-0.15, -0.1) is 0 Å². The lowest BCUT2D eigenvalue weighted by molar-refractivity contribution is -0.125.